The lowest BCUT2D eigenvalue weighted by atomic mass is 9.95. The highest BCUT2D eigenvalue weighted by Gasteiger charge is 2.36. The van der Waals surface area contributed by atoms with Crippen molar-refractivity contribution in [2.75, 3.05) is 13.7 Å². The predicted molar refractivity (Wildman–Crippen MR) is 68.7 cm³/mol. The summed E-state index contributed by atoms with van der Waals surface area (Å²) < 4.78 is 45.5. The third kappa shape index (κ3) is 4.44. The van der Waals surface area contributed by atoms with Crippen LogP contribution in [0, 0.1) is 0 Å². The fourth-order valence-corrected chi connectivity index (χ4v) is 2.40. The van der Waals surface area contributed by atoms with E-state index in [2.05, 4.69) is 14.8 Å². The molecule has 7 heteroatoms. The first-order valence-electron chi connectivity index (χ1n) is 6.55. The topological polar surface area (TPSA) is 47.6 Å². The number of nitrogens with one attached hydrogen (secondary N) is 1. The molecular weight excluding hydrogens is 287 g/mol. The van der Waals surface area contributed by atoms with Crippen LogP contribution >= 0.6 is 0 Å². The molecule has 0 aromatic heterocycles. The van der Waals surface area contributed by atoms with Crippen LogP contribution in [0.15, 0.2) is 24.3 Å². The van der Waals surface area contributed by atoms with Gasteiger partial charge in [-0.3, -0.25) is 4.74 Å². The molecule has 0 saturated carbocycles. The molecule has 1 N–H and O–H groups in total. The van der Waals surface area contributed by atoms with Crippen molar-refractivity contribution in [2.45, 2.75) is 31.3 Å². The van der Waals surface area contributed by atoms with E-state index >= 15 is 0 Å². The molecule has 0 bridgehead atoms. The van der Waals surface area contributed by atoms with Crippen LogP contribution in [0.2, 0.25) is 0 Å². The van der Waals surface area contributed by atoms with Gasteiger partial charge in [0.25, 0.3) is 0 Å². The molecule has 4 nitrogen and oxygen atoms in total. The Kier molecular flexibility index (Phi) is 4.84. The third-order valence-electron chi connectivity index (χ3n) is 3.39. The van der Waals surface area contributed by atoms with Gasteiger partial charge in [-0.1, -0.05) is 12.1 Å². The van der Waals surface area contributed by atoms with Gasteiger partial charge in [-0.05, 0) is 37.1 Å². The molecule has 1 saturated heterocycles. The van der Waals surface area contributed by atoms with Gasteiger partial charge in [0, 0.05) is 6.04 Å². The number of carbonyl (C=O) groups is 1. The Labute approximate surface area is 120 Å². The Bertz CT molecular complexity index is 487. The van der Waals surface area contributed by atoms with Gasteiger partial charge in [0.05, 0.1) is 18.8 Å². The fraction of sp³-hybridized carbons (Fsp3) is 0.500. The molecule has 1 fully saturated rings. The van der Waals surface area contributed by atoms with E-state index in [4.69, 9.17) is 0 Å². The molecule has 116 valence electrons. The number of rotatable bonds is 3. The third-order valence-corrected chi connectivity index (χ3v) is 3.39. The van der Waals surface area contributed by atoms with E-state index in [1.807, 2.05) is 0 Å². The molecule has 21 heavy (non-hydrogen) atoms. The molecular formula is C14H16F3NO3. The number of piperidine rings is 1. The molecule has 0 unspecified atom stereocenters. The van der Waals surface area contributed by atoms with Gasteiger partial charge >= 0.3 is 12.3 Å². The monoisotopic (exact) mass is 303 g/mol. The molecule has 0 radical (unpaired) electrons. The van der Waals surface area contributed by atoms with Crippen molar-refractivity contribution >= 4 is 5.97 Å². The molecule has 1 aliphatic rings. The first kappa shape index (κ1) is 15.8. The number of benzene rings is 1. The summed E-state index contributed by atoms with van der Waals surface area (Å²) in [5.41, 5.74) is 1.22. The van der Waals surface area contributed by atoms with Crippen molar-refractivity contribution < 1.29 is 27.4 Å². The summed E-state index contributed by atoms with van der Waals surface area (Å²) in [5.74, 6) is -0.448. The zero-order valence-corrected chi connectivity index (χ0v) is 11.4. The van der Waals surface area contributed by atoms with Gasteiger partial charge < -0.3 is 10.1 Å². The summed E-state index contributed by atoms with van der Waals surface area (Å²) in [5, 5.41) is 3.15. The van der Waals surface area contributed by atoms with Crippen molar-refractivity contribution in [3.63, 3.8) is 0 Å². The summed E-state index contributed by atoms with van der Waals surface area (Å²) in [6.45, 7) is 0.449. The van der Waals surface area contributed by atoms with Crippen LogP contribution in [0.4, 0.5) is 13.2 Å². The van der Waals surface area contributed by atoms with Gasteiger partial charge in [-0.25, -0.2) is 4.79 Å². The standard InChI is InChI=1S/C14H16F3NO3/c1-20-13(19)10-4-2-9(3-5-10)12-8-11(6-7-18-12)21-14(15,16)17/h2-5,11-12,18H,6-8H2,1H3/t11-,12-/m0/s1. The molecule has 1 aromatic carbocycles. The number of halogens is 3. The maximum Gasteiger partial charge on any atom is 0.522 e. The van der Waals surface area contributed by atoms with Gasteiger partial charge in [0.1, 0.15) is 0 Å². The van der Waals surface area contributed by atoms with Crippen LogP contribution in [0.3, 0.4) is 0 Å². The highest BCUT2D eigenvalue weighted by atomic mass is 19.4. The molecule has 1 aliphatic heterocycles. The van der Waals surface area contributed by atoms with Gasteiger partial charge in [0.15, 0.2) is 0 Å². The number of ether oxygens (including phenoxy) is 2. The van der Waals surface area contributed by atoms with E-state index in [-0.39, 0.29) is 12.5 Å². The largest absolute Gasteiger partial charge is 0.522 e. The van der Waals surface area contributed by atoms with Crippen LogP contribution in [-0.4, -0.2) is 32.1 Å². The zero-order valence-electron chi connectivity index (χ0n) is 11.4. The van der Waals surface area contributed by atoms with Crippen LogP contribution < -0.4 is 5.32 Å². The minimum Gasteiger partial charge on any atom is -0.465 e. The van der Waals surface area contributed by atoms with Gasteiger partial charge in [0.2, 0.25) is 0 Å². The van der Waals surface area contributed by atoms with Crippen molar-refractivity contribution in [2.24, 2.45) is 0 Å². The maximum atomic E-state index is 12.3. The highest BCUT2D eigenvalue weighted by Crippen LogP contribution is 2.29. The van der Waals surface area contributed by atoms with E-state index < -0.39 is 18.4 Å². The number of hydrogen-bond acceptors (Lipinski definition) is 4. The molecule has 0 aliphatic carbocycles. The highest BCUT2D eigenvalue weighted by molar-refractivity contribution is 5.89. The van der Waals surface area contributed by atoms with E-state index in [1.165, 1.54) is 7.11 Å². The predicted octanol–water partition coefficient (Wildman–Crippen LogP) is 2.80. The number of alkyl halides is 3. The average molecular weight is 303 g/mol. The van der Waals surface area contributed by atoms with Crippen LogP contribution in [-0.2, 0) is 9.47 Å². The second-order valence-electron chi connectivity index (χ2n) is 4.83. The van der Waals surface area contributed by atoms with Crippen LogP contribution in [0.5, 0.6) is 0 Å². The average Bonchev–Trinajstić information content (AvgIpc) is 2.45. The SMILES string of the molecule is COC(=O)c1ccc([C@@H]2C[C@@H](OC(F)(F)F)CCN2)cc1. The summed E-state index contributed by atoms with van der Waals surface area (Å²) in [6.07, 6.45) is -4.91. The van der Waals surface area contributed by atoms with E-state index in [0.29, 0.717) is 18.5 Å². The second kappa shape index (κ2) is 6.44. The van der Waals surface area contributed by atoms with Crippen molar-refractivity contribution in [3.05, 3.63) is 35.4 Å². The first-order valence-corrected chi connectivity index (χ1v) is 6.55. The summed E-state index contributed by atoms with van der Waals surface area (Å²) in [6, 6.07) is 6.38. The Morgan fingerprint density at radius 2 is 1.95 bits per heavy atom. The number of hydrogen-bond donors (Lipinski definition) is 1. The van der Waals surface area contributed by atoms with E-state index in [9.17, 15) is 18.0 Å². The Morgan fingerprint density at radius 3 is 2.52 bits per heavy atom. The van der Waals surface area contributed by atoms with Crippen molar-refractivity contribution in [3.8, 4) is 0 Å². The minimum atomic E-state index is -4.61. The summed E-state index contributed by atoms with van der Waals surface area (Å²) in [7, 11) is 1.29. The lowest BCUT2D eigenvalue weighted by Gasteiger charge is -2.31. The zero-order chi connectivity index (χ0) is 15.5. The fourth-order valence-electron chi connectivity index (χ4n) is 2.40. The number of carbonyl (C=O) groups excluding carboxylic acids is 1. The van der Waals surface area contributed by atoms with Crippen molar-refractivity contribution in [1.82, 2.24) is 5.32 Å². The molecule has 0 amide bonds. The molecule has 2 atom stereocenters. The Balaban J connectivity index is 2.02. The first-order chi connectivity index (χ1) is 9.89. The summed E-state index contributed by atoms with van der Waals surface area (Å²) >= 11 is 0. The van der Waals surface area contributed by atoms with E-state index in [1.54, 1.807) is 24.3 Å². The van der Waals surface area contributed by atoms with Crippen molar-refractivity contribution in [1.29, 1.82) is 0 Å². The molecule has 0 spiro atoms. The number of esters is 1. The van der Waals surface area contributed by atoms with E-state index in [0.717, 1.165) is 5.56 Å². The number of methoxy groups -OCH3 is 1. The smallest absolute Gasteiger partial charge is 0.465 e. The van der Waals surface area contributed by atoms with Crippen LogP contribution in [0.1, 0.15) is 34.8 Å². The quantitative estimate of drug-likeness (QED) is 0.872. The summed E-state index contributed by atoms with van der Waals surface area (Å²) in [4.78, 5) is 11.3. The Hall–Kier alpha value is -1.60. The molecule has 2 rings (SSSR count). The molecule has 1 heterocycles. The van der Waals surface area contributed by atoms with Gasteiger partial charge in [-0.2, -0.15) is 0 Å². The maximum absolute atomic E-state index is 12.3. The van der Waals surface area contributed by atoms with Gasteiger partial charge in [-0.15, -0.1) is 13.2 Å². The second-order valence-corrected chi connectivity index (χ2v) is 4.83. The van der Waals surface area contributed by atoms with Crippen LogP contribution in [0.25, 0.3) is 0 Å². The Morgan fingerprint density at radius 1 is 1.29 bits per heavy atom. The lowest BCUT2D eigenvalue weighted by molar-refractivity contribution is -0.345. The molecule has 1 aromatic rings. The lowest BCUT2D eigenvalue weighted by Crippen LogP contribution is -2.38. The minimum absolute atomic E-state index is 0.224. The normalized spacial score (nSPS) is 22.9.